The average molecular weight is 325 g/mol. The van der Waals surface area contributed by atoms with Crippen molar-refractivity contribution >= 4 is 21.8 Å². The minimum absolute atomic E-state index is 0.118. The van der Waals surface area contributed by atoms with Crippen LogP contribution in [-0.2, 0) is 0 Å². The molecule has 0 amide bonds. The molecule has 0 heterocycles. The fraction of sp³-hybridized carbons (Fsp3) is 0.533. The number of hydrogen-bond donors (Lipinski definition) is 2. The zero-order valence-electron chi connectivity index (χ0n) is 11.5. The molecule has 3 nitrogen and oxygen atoms in total. The minimum atomic E-state index is 0.118. The highest BCUT2D eigenvalue weighted by molar-refractivity contribution is 9.10. The number of amidine groups is 1. The highest BCUT2D eigenvalue weighted by Crippen LogP contribution is 2.49. The van der Waals surface area contributed by atoms with Gasteiger partial charge in [0.15, 0.2) is 0 Å². The molecule has 1 aromatic rings. The van der Waals surface area contributed by atoms with Gasteiger partial charge in [-0.15, -0.1) is 0 Å². The molecule has 19 heavy (non-hydrogen) atoms. The second-order valence-electron chi connectivity index (χ2n) is 5.83. The summed E-state index contributed by atoms with van der Waals surface area (Å²) in [6.07, 6.45) is 2.88. The van der Waals surface area contributed by atoms with Gasteiger partial charge in [0, 0.05) is 16.3 Å². The maximum atomic E-state index is 7.43. The molecule has 1 fully saturated rings. The summed E-state index contributed by atoms with van der Waals surface area (Å²) in [5.41, 5.74) is 6.84. The van der Waals surface area contributed by atoms with E-state index in [0.29, 0.717) is 18.9 Å². The third kappa shape index (κ3) is 3.72. The van der Waals surface area contributed by atoms with Crippen LogP contribution in [0.2, 0.25) is 0 Å². The first kappa shape index (κ1) is 14.4. The molecule has 1 saturated carbocycles. The second-order valence-corrected chi connectivity index (χ2v) is 6.74. The van der Waals surface area contributed by atoms with E-state index in [-0.39, 0.29) is 11.3 Å². The standard InChI is InChI=1S/C15H21BrN2O/c1-10(2)12-7-11(16)3-4-13(12)19-9-15(5-6-15)8-14(17)18/h3-4,7,10H,5-6,8-9H2,1-2H3,(H3,17,18). The van der Waals surface area contributed by atoms with E-state index in [1.165, 1.54) is 5.56 Å². The van der Waals surface area contributed by atoms with Gasteiger partial charge in [-0.2, -0.15) is 0 Å². The van der Waals surface area contributed by atoms with Crippen LogP contribution >= 0.6 is 15.9 Å². The van der Waals surface area contributed by atoms with E-state index in [4.69, 9.17) is 15.9 Å². The lowest BCUT2D eigenvalue weighted by atomic mass is 10.0. The lowest BCUT2D eigenvalue weighted by molar-refractivity contribution is 0.236. The average Bonchev–Trinajstić information content (AvgIpc) is 3.06. The molecule has 0 radical (unpaired) electrons. The van der Waals surface area contributed by atoms with Gasteiger partial charge in [-0.3, -0.25) is 5.41 Å². The van der Waals surface area contributed by atoms with Gasteiger partial charge in [-0.1, -0.05) is 29.8 Å². The molecule has 0 atom stereocenters. The molecular formula is C15H21BrN2O. The first-order chi connectivity index (χ1) is 8.92. The predicted octanol–water partition coefficient (Wildman–Crippen LogP) is 4.06. The van der Waals surface area contributed by atoms with Crippen LogP contribution in [0.3, 0.4) is 0 Å². The van der Waals surface area contributed by atoms with E-state index in [1.807, 2.05) is 12.1 Å². The quantitative estimate of drug-likeness (QED) is 0.612. The van der Waals surface area contributed by atoms with Gasteiger partial charge in [-0.25, -0.2) is 0 Å². The first-order valence-corrected chi connectivity index (χ1v) is 7.46. The molecule has 2 rings (SSSR count). The number of halogens is 1. The Kier molecular flexibility index (Phi) is 4.19. The Morgan fingerprint density at radius 3 is 2.68 bits per heavy atom. The highest BCUT2D eigenvalue weighted by Gasteiger charge is 2.44. The van der Waals surface area contributed by atoms with Crippen molar-refractivity contribution in [1.82, 2.24) is 0 Å². The lowest BCUT2D eigenvalue weighted by Crippen LogP contribution is -2.22. The van der Waals surface area contributed by atoms with Gasteiger partial charge in [0.05, 0.1) is 12.4 Å². The Balaban J connectivity index is 2.05. The molecule has 0 bridgehead atoms. The Morgan fingerprint density at radius 2 is 2.16 bits per heavy atom. The monoisotopic (exact) mass is 324 g/mol. The van der Waals surface area contributed by atoms with Crippen LogP contribution in [0.4, 0.5) is 0 Å². The van der Waals surface area contributed by atoms with E-state index in [9.17, 15) is 0 Å². The Hall–Kier alpha value is -1.03. The van der Waals surface area contributed by atoms with Crippen molar-refractivity contribution in [2.24, 2.45) is 11.1 Å². The molecule has 0 aliphatic heterocycles. The minimum Gasteiger partial charge on any atom is -0.493 e. The molecule has 0 aromatic heterocycles. The van der Waals surface area contributed by atoms with Crippen LogP contribution in [0.15, 0.2) is 22.7 Å². The van der Waals surface area contributed by atoms with Crippen LogP contribution in [-0.4, -0.2) is 12.4 Å². The molecule has 3 N–H and O–H groups in total. The van der Waals surface area contributed by atoms with E-state index in [2.05, 4.69) is 35.8 Å². The van der Waals surface area contributed by atoms with E-state index in [0.717, 1.165) is 23.1 Å². The van der Waals surface area contributed by atoms with Gasteiger partial charge < -0.3 is 10.5 Å². The smallest absolute Gasteiger partial charge is 0.122 e. The Morgan fingerprint density at radius 1 is 1.47 bits per heavy atom. The number of nitrogens with two attached hydrogens (primary N) is 1. The zero-order valence-corrected chi connectivity index (χ0v) is 13.1. The maximum Gasteiger partial charge on any atom is 0.122 e. The first-order valence-electron chi connectivity index (χ1n) is 6.67. The largest absolute Gasteiger partial charge is 0.493 e. The van der Waals surface area contributed by atoms with Crippen molar-refractivity contribution in [3.8, 4) is 5.75 Å². The second kappa shape index (κ2) is 5.53. The third-order valence-corrected chi connectivity index (χ3v) is 4.14. The third-order valence-electron chi connectivity index (χ3n) is 3.65. The summed E-state index contributed by atoms with van der Waals surface area (Å²) >= 11 is 3.50. The van der Waals surface area contributed by atoms with Gasteiger partial charge >= 0.3 is 0 Å². The van der Waals surface area contributed by atoms with Crippen molar-refractivity contribution in [2.75, 3.05) is 6.61 Å². The Bertz CT molecular complexity index is 481. The van der Waals surface area contributed by atoms with Crippen molar-refractivity contribution in [3.63, 3.8) is 0 Å². The lowest BCUT2D eigenvalue weighted by Gasteiger charge is -2.19. The number of rotatable bonds is 6. The van der Waals surface area contributed by atoms with Gasteiger partial charge in [0.25, 0.3) is 0 Å². The van der Waals surface area contributed by atoms with E-state index < -0.39 is 0 Å². The molecule has 0 spiro atoms. The number of ether oxygens (including phenoxy) is 1. The topological polar surface area (TPSA) is 59.1 Å². The van der Waals surface area contributed by atoms with Crippen LogP contribution in [0.1, 0.15) is 44.6 Å². The van der Waals surface area contributed by atoms with Crippen molar-refractivity contribution in [2.45, 2.75) is 39.0 Å². The maximum absolute atomic E-state index is 7.43. The fourth-order valence-corrected chi connectivity index (χ4v) is 2.66. The molecule has 4 heteroatoms. The summed E-state index contributed by atoms with van der Waals surface area (Å²) in [5, 5.41) is 7.43. The summed E-state index contributed by atoms with van der Waals surface area (Å²) in [4.78, 5) is 0. The molecule has 1 aliphatic rings. The number of nitrogens with one attached hydrogen (secondary N) is 1. The highest BCUT2D eigenvalue weighted by atomic mass is 79.9. The number of hydrogen-bond acceptors (Lipinski definition) is 2. The summed E-state index contributed by atoms with van der Waals surface area (Å²) in [5.74, 6) is 1.64. The molecule has 1 aromatic carbocycles. The number of benzene rings is 1. The molecule has 0 unspecified atom stereocenters. The molecule has 1 aliphatic carbocycles. The zero-order chi connectivity index (χ0) is 14.0. The van der Waals surface area contributed by atoms with Crippen LogP contribution in [0.5, 0.6) is 5.75 Å². The van der Waals surface area contributed by atoms with Crippen molar-refractivity contribution in [3.05, 3.63) is 28.2 Å². The summed E-state index contributed by atoms with van der Waals surface area (Å²) in [7, 11) is 0. The predicted molar refractivity (Wildman–Crippen MR) is 81.9 cm³/mol. The van der Waals surface area contributed by atoms with E-state index >= 15 is 0 Å². The Labute approximate surface area is 123 Å². The summed E-state index contributed by atoms with van der Waals surface area (Å²) < 4.78 is 7.09. The van der Waals surface area contributed by atoms with Crippen LogP contribution < -0.4 is 10.5 Å². The molecular weight excluding hydrogens is 304 g/mol. The van der Waals surface area contributed by atoms with Gasteiger partial charge in [-0.05, 0) is 42.5 Å². The van der Waals surface area contributed by atoms with E-state index in [1.54, 1.807) is 0 Å². The van der Waals surface area contributed by atoms with Crippen molar-refractivity contribution in [1.29, 1.82) is 5.41 Å². The summed E-state index contributed by atoms with van der Waals surface area (Å²) in [6.45, 7) is 4.99. The van der Waals surface area contributed by atoms with Crippen LogP contribution in [0, 0.1) is 10.8 Å². The molecule has 0 saturated heterocycles. The van der Waals surface area contributed by atoms with Gasteiger partial charge in [0.2, 0.25) is 0 Å². The van der Waals surface area contributed by atoms with Gasteiger partial charge in [0.1, 0.15) is 5.75 Å². The summed E-state index contributed by atoms with van der Waals surface area (Å²) in [6, 6.07) is 6.14. The fourth-order valence-electron chi connectivity index (χ4n) is 2.29. The normalized spacial score (nSPS) is 16.4. The SMILES string of the molecule is CC(C)c1cc(Br)ccc1OCC1(CC(=N)N)CC1. The molecule has 104 valence electrons. The van der Waals surface area contributed by atoms with Crippen LogP contribution in [0.25, 0.3) is 0 Å². The van der Waals surface area contributed by atoms with Crippen molar-refractivity contribution < 1.29 is 4.74 Å².